The number of aromatic nitrogens is 2. The van der Waals surface area contributed by atoms with Gasteiger partial charge in [0.25, 0.3) is 0 Å². The first-order chi connectivity index (χ1) is 9.04. The summed E-state index contributed by atoms with van der Waals surface area (Å²) in [7, 11) is 0. The summed E-state index contributed by atoms with van der Waals surface area (Å²) in [5.41, 5.74) is 6.70. The largest absolute Gasteiger partial charge is 0.369 e. The van der Waals surface area contributed by atoms with Crippen LogP contribution in [0.4, 0.5) is 14.7 Å². The summed E-state index contributed by atoms with van der Waals surface area (Å²) < 4.78 is 28.8. The SMILES string of the molecule is CCC1(Cn2c(N)nc3c(F)cc(F)cc32)CCC1. The number of halogens is 2. The van der Waals surface area contributed by atoms with Gasteiger partial charge in [0.1, 0.15) is 11.3 Å². The van der Waals surface area contributed by atoms with Crippen molar-refractivity contribution < 1.29 is 8.78 Å². The van der Waals surface area contributed by atoms with Gasteiger partial charge in [-0.2, -0.15) is 0 Å². The topological polar surface area (TPSA) is 43.8 Å². The number of nitrogens with two attached hydrogens (primary N) is 1. The standard InChI is InChI=1S/C14H17F2N3/c1-2-14(4-3-5-14)8-19-11-7-9(15)6-10(16)12(11)18-13(19)17/h6-7H,2-5,8H2,1H3,(H2,17,18). The van der Waals surface area contributed by atoms with E-state index in [0.717, 1.165) is 25.3 Å². The van der Waals surface area contributed by atoms with E-state index in [0.29, 0.717) is 12.1 Å². The first-order valence-electron chi connectivity index (χ1n) is 6.65. The zero-order chi connectivity index (χ0) is 13.6. The van der Waals surface area contributed by atoms with E-state index in [1.807, 2.05) is 0 Å². The Morgan fingerprint density at radius 1 is 1.37 bits per heavy atom. The van der Waals surface area contributed by atoms with Crippen LogP contribution in [-0.2, 0) is 6.54 Å². The molecule has 1 aromatic heterocycles. The smallest absolute Gasteiger partial charge is 0.201 e. The predicted octanol–water partition coefficient (Wildman–Crippen LogP) is 3.48. The van der Waals surface area contributed by atoms with Crippen molar-refractivity contribution in [3.63, 3.8) is 0 Å². The first kappa shape index (κ1) is 12.4. The molecule has 1 fully saturated rings. The molecule has 0 unspecified atom stereocenters. The van der Waals surface area contributed by atoms with Crippen molar-refractivity contribution in [2.45, 2.75) is 39.2 Å². The van der Waals surface area contributed by atoms with Gasteiger partial charge in [-0.3, -0.25) is 0 Å². The number of rotatable bonds is 3. The van der Waals surface area contributed by atoms with Crippen LogP contribution in [0.25, 0.3) is 11.0 Å². The highest BCUT2D eigenvalue weighted by molar-refractivity contribution is 5.79. The molecule has 2 aromatic rings. The highest BCUT2D eigenvalue weighted by Crippen LogP contribution is 2.46. The van der Waals surface area contributed by atoms with Crippen LogP contribution >= 0.6 is 0 Å². The minimum atomic E-state index is -0.653. The van der Waals surface area contributed by atoms with Gasteiger partial charge < -0.3 is 10.3 Å². The summed E-state index contributed by atoms with van der Waals surface area (Å²) in [4.78, 5) is 4.03. The molecule has 5 heteroatoms. The van der Waals surface area contributed by atoms with Gasteiger partial charge in [0.15, 0.2) is 5.82 Å². The van der Waals surface area contributed by atoms with E-state index in [1.165, 1.54) is 12.5 Å². The molecular weight excluding hydrogens is 248 g/mol. The highest BCUT2D eigenvalue weighted by Gasteiger charge is 2.36. The monoisotopic (exact) mass is 265 g/mol. The molecule has 0 saturated heterocycles. The maximum Gasteiger partial charge on any atom is 0.201 e. The number of nitrogens with zero attached hydrogens (tertiary/aromatic N) is 2. The Labute approximate surface area is 110 Å². The van der Waals surface area contributed by atoms with Crippen LogP contribution in [0.5, 0.6) is 0 Å². The number of benzene rings is 1. The maximum atomic E-state index is 13.7. The van der Waals surface area contributed by atoms with Crippen LogP contribution in [0.3, 0.4) is 0 Å². The van der Waals surface area contributed by atoms with Crippen LogP contribution < -0.4 is 5.73 Å². The van der Waals surface area contributed by atoms with E-state index < -0.39 is 11.6 Å². The van der Waals surface area contributed by atoms with Gasteiger partial charge in [0.2, 0.25) is 5.95 Å². The van der Waals surface area contributed by atoms with Crippen molar-refractivity contribution in [3.8, 4) is 0 Å². The summed E-state index contributed by atoms with van der Waals surface area (Å²) in [6.45, 7) is 2.84. The van der Waals surface area contributed by atoms with Crippen LogP contribution in [0.1, 0.15) is 32.6 Å². The number of anilines is 1. The third kappa shape index (κ3) is 1.88. The molecule has 0 spiro atoms. The fraction of sp³-hybridized carbons (Fsp3) is 0.500. The number of hydrogen-bond donors (Lipinski definition) is 1. The van der Waals surface area contributed by atoms with Gasteiger partial charge in [0, 0.05) is 18.7 Å². The summed E-state index contributed by atoms with van der Waals surface area (Å²) in [5.74, 6) is -0.982. The Kier molecular flexibility index (Phi) is 2.73. The molecule has 3 rings (SSSR count). The fourth-order valence-electron chi connectivity index (χ4n) is 2.97. The quantitative estimate of drug-likeness (QED) is 0.923. The molecule has 102 valence electrons. The molecule has 0 radical (unpaired) electrons. The zero-order valence-corrected chi connectivity index (χ0v) is 10.9. The molecule has 1 aliphatic carbocycles. The van der Waals surface area contributed by atoms with E-state index in [2.05, 4.69) is 11.9 Å². The number of imidazole rings is 1. The minimum Gasteiger partial charge on any atom is -0.369 e. The van der Waals surface area contributed by atoms with E-state index in [9.17, 15) is 8.78 Å². The number of nitrogen functional groups attached to an aromatic ring is 1. The Morgan fingerprint density at radius 2 is 2.11 bits per heavy atom. The lowest BCUT2D eigenvalue weighted by Gasteiger charge is -2.41. The van der Waals surface area contributed by atoms with Gasteiger partial charge in [-0.05, 0) is 24.7 Å². The third-order valence-electron chi connectivity index (χ3n) is 4.46. The Hall–Kier alpha value is -1.65. The zero-order valence-electron chi connectivity index (χ0n) is 10.9. The van der Waals surface area contributed by atoms with Crippen LogP contribution in [0.15, 0.2) is 12.1 Å². The lowest BCUT2D eigenvalue weighted by molar-refractivity contribution is 0.103. The van der Waals surface area contributed by atoms with Crippen molar-refractivity contribution in [1.82, 2.24) is 9.55 Å². The second-order valence-electron chi connectivity index (χ2n) is 5.52. The van der Waals surface area contributed by atoms with Gasteiger partial charge in [-0.15, -0.1) is 0 Å². The first-order valence-corrected chi connectivity index (χ1v) is 6.65. The third-order valence-corrected chi connectivity index (χ3v) is 4.46. The molecule has 0 aliphatic heterocycles. The normalized spacial score (nSPS) is 17.6. The summed E-state index contributed by atoms with van der Waals surface area (Å²) >= 11 is 0. The van der Waals surface area contributed by atoms with Crippen LogP contribution in [-0.4, -0.2) is 9.55 Å². The molecule has 2 N–H and O–H groups in total. The summed E-state index contributed by atoms with van der Waals surface area (Å²) in [5, 5.41) is 0. The van der Waals surface area contributed by atoms with E-state index in [4.69, 9.17) is 5.73 Å². The van der Waals surface area contributed by atoms with Gasteiger partial charge >= 0.3 is 0 Å². The average molecular weight is 265 g/mol. The minimum absolute atomic E-state index is 0.157. The molecule has 1 aromatic carbocycles. The van der Waals surface area contributed by atoms with Gasteiger partial charge in [0.05, 0.1) is 5.52 Å². The van der Waals surface area contributed by atoms with Crippen molar-refractivity contribution in [2.75, 3.05) is 5.73 Å². The Bertz CT molecular complexity index is 624. The number of fused-ring (bicyclic) bond motifs is 1. The second-order valence-corrected chi connectivity index (χ2v) is 5.52. The van der Waals surface area contributed by atoms with Gasteiger partial charge in [-0.1, -0.05) is 13.3 Å². The molecule has 0 bridgehead atoms. The lowest BCUT2D eigenvalue weighted by Crippen LogP contribution is -2.33. The van der Waals surface area contributed by atoms with E-state index in [-0.39, 0.29) is 16.9 Å². The molecule has 1 aliphatic rings. The molecule has 0 amide bonds. The fourth-order valence-corrected chi connectivity index (χ4v) is 2.97. The van der Waals surface area contributed by atoms with E-state index in [1.54, 1.807) is 4.57 Å². The Morgan fingerprint density at radius 3 is 2.68 bits per heavy atom. The summed E-state index contributed by atoms with van der Waals surface area (Å²) in [6, 6.07) is 2.15. The molecular formula is C14H17F2N3. The molecule has 1 heterocycles. The van der Waals surface area contributed by atoms with E-state index >= 15 is 0 Å². The number of hydrogen-bond acceptors (Lipinski definition) is 2. The van der Waals surface area contributed by atoms with Gasteiger partial charge in [-0.25, -0.2) is 13.8 Å². The second kappa shape index (κ2) is 4.18. The van der Waals surface area contributed by atoms with Crippen molar-refractivity contribution in [1.29, 1.82) is 0 Å². The molecule has 3 nitrogen and oxygen atoms in total. The highest BCUT2D eigenvalue weighted by atomic mass is 19.1. The average Bonchev–Trinajstić information content (AvgIpc) is 2.61. The molecule has 0 atom stereocenters. The molecule has 1 saturated carbocycles. The predicted molar refractivity (Wildman–Crippen MR) is 70.6 cm³/mol. The lowest BCUT2D eigenvalue weighted by atomic mass is 9.67. The van der Waals surface area contributed by atoms with Crippen molar-refractivity contribution in [3.05, 3.63) is 23.8 Å². The maximum absolute atomic E-state index is 13.7. The molecule has 19 heavy (non-hydrogen) atoms. The van der Waals surface area contributed by atoms with Crippen LogP contribution in [0.2, 0.25) is 0 Å². The Balaban J connectivity index is 2.10. The summed E-state index contributed by atoms with van der Waals surface area (Å²) in [6.07, 6.45) is 4.54. The van der Waals surface area contributed by atoms with Crippen LogP contribution in [0, 0.1) is 17.0 Å². The van der Waals surface area contributed by atoms with Crippen molar-refractivity contribution in [2.24, 2.45) is 5.41 Å². The van der Waals surface area contributed by atoms with Crippen molar-refractivity contribution >= 4 is 17.0 Å².